The minimum atomic E-state index is -0.956. The van der Waals surface area contributed by atoms with Gasteiger partial charge in [0, 0.05) is 9.90 Å². The van der Waals surface area contributed by atoms with Crippen molar-refractivity contribution in [1.29, 1.82) is 0 Å². The van der Waals surface area contributed by atoms with Crippen LogP contribution in [0.3, 0.4) is 0 Å². The Bertz CT molecular complexity index is 619. The zero-order valence-electron chi connectivity index (χ0n) is 11.2. The van der Waals surface area contributed by atoms with Crippen LogP contribution >= 0.6 is 22.9 Å². The zero-order chi connectivity index (χ0) is 14.7. The molecular formula is C15H15ClO3S. The quantitative estimate of drug-likeness (QED) is 0.862. The third-order valence-electron chi connectivity index (χ3n) is 2.76. The van der Waals surface area contributed by atoms with Gasteiger partial charge in [0.05, 0.1) is 0 Å². The Morgan fingerprint density at radius 2 is 2.15 bits per heavy atom. The summed E-state index contributed by atoms with van der Waals surface area (Å²) in [6.45, 7) is 4.35. The average molecular weight is 311 g/mol. The Morgan fingerprint density at radius 3 is 2.75 bits per heavy atom. The molecule has 20 heavy (non-hydrogen) atoms. The summed E-state index contributed by atoms with van der Waals surface area (Å²) in [6, 6.07) is 9.13. The lowest BCUT2D eigenvalue weighted by atomic mass is 10.2. The summed E-state index contributed by atoms with van der Waals surface area (Å²) < 4.78 is 5.64. The van der Waals surface area contributed by atoms with Crippen LogP contribution in [-0.2, 0) is 6.61 Å². The highest BCUT2D eigenvalue weighted by Gasteiger charge is 2.18. The predicted octanol–water partition coefficient (Wildman–Crippen LogP) is 4.80. The van der Waals surface area contributed by atoms with Crippen LogP contribution in [-0.4, -0.2) is 11.1 Å². The first-order chi connectivity index (χ1) is 9.47. The molecule has 0 unspecified atom stereocenters. The highest BCUT2D eigenvalue weighted by molar-refractivity contribution is 7.14. The maximum atomic E-state index is 11.2. The van der Waals surface area contributed by atoms with Crippen molar-refractivity contribution in [1.82, 2.24) is 0 Å². The van der Waals surface area contributed by atoms with Crippen molar-refractivity contribution in [2.45, 2.75) is 26.4 Å². The van der Waals surface area contributed by atoms with Crippen molar-refractivity contribution >= 4 is 28.9 Å². The number of carboxylic acid groups (broad SMARTS) is 1. The zero-order valence-corrected chi connectivity index (χ0v) is 12.8. The molecule has 2 rings (SSSR count). The molecule has 3 nitrogen and oxygen atoms in total. The van der Waals surface area contributed by atoms with Crippen molar-refractivity contribution in [3.63, 3.8) is 0 Å². The maximum absolute atomic E-state index is 11.2. The summed E-state index contributed by atoms with van der Waals surface area (Å²) >= 11 is 7.17. The van der Waals surface area contributed by atoms with E-state index >= 15 is 0 Å². The molecule has 0 saturated heterocycles. The van der Waals surface area contributed by atoms with Crippen molar-refractivity contribution in [3.05, 3.63) is 50.7 Å². The van der Waals surface area contributed by atoms with Crippen molar-refractivity contribution in [2.75, 3.05) is 0 Å². The monoisotopic (exact) mass is 310 g/mol. The van der Waals surface area contributed by atoms with Gasteiger partial charge in [-0.3, -0.25) is 0 Å². The number of ether oxygens (including phenoxy) is 1. The number of carboxylic acids is 1. The largest absolute Gasteiger partial charge is 0.487 e. The van der Waals surface area contributed by atoms with Gasteiger partial charge in [0.25, 0.3) is 0 Å². The van der Waals surface area contributed by atoms with E-state index < -0.39 is 5.97 Å². The van der Waals surface area contributed by atoms with E-state index in [-0.39, 0.29) is 10.8 Å². The number of hydrogen-bond donors (Lipinski definition) is 1. The van der Waals surface area contributed by atoms with Crippen LogP contribution < -0.4 is 4.74 Å². The fraction of sp³-hybridized carbons (Fsp3) is 0.267. The van der Waals surface area contributed by atoms with Gasteiger partial charge < -0.3 is 9.84 Å². The van der Waals surface area contributed by atoms with Gasteiger partial charge in [0.1, 0.15) is 12.4 Å². The molecule has 0 atom stereocenters. The molecule has 2 aromatic rings. The van der Waals surface area contributed by atoms with Crippen molar-refractivity contribution < 1.29 is 14.6 Å². The normalized spacial score (nSPS) is 10.8. The van der Waals surface area contributed by atoms with E-state index in [0.29, 0.717) is 17.4 Å². The molecule has 5 heteroatoms. The third kappa shape index (κ3) is 3.52. The molecule has 1 aromatic heterocycles. The molecule has 0 fully saturated rings. The molecule has 1 aromatic carbocycles. The summed E-state index contributed by atoms with van der Waals surface area (Å²) in [5.74, 6) is -0.254. The summed E-state index contributed by atoms with van der Waals surface area (Å²) in [5.41, 5.74) is 0.908. The van der Waals surface area contributed by atoms with Gasteiger partial charge >= 0.3 is 5.97 Å². The Kier molecular flexibility index (Phi) is 4.68. The molecule has 0 radical (unpaired) electrons. The molecule has 106 valence electrons. The van der Waals surface area contributed by atoms with Gasteiger partial charge in [-0.05, 0) is 29.7 Å². The summed E-state index contributed by atoms with van der Waals surface area (Å²) in [5, 5.41) is 9.85. The molecule has 1 N–H and O–H groups in total. The minimum Gasteiger partial charge on any atom is -0.487 e. The number of carbonyl (C=O) groups is 1. The lowest BCUT2D eigenvalue weighted by Crippen LogP contribution is -2.00. The van der Waals surface area contributed by atoms with Crippen LogP contribution in [0, 0.1) is 0 Å². The number of hydrogen-bond acceptors (Lipinski definition) is 3. The molecule has 1 heterocycles. The SMILES string of the molecule is CC(C)c1cc(OCc2cccc(Cl)c2)c(C(=O)O)s1. The third-order valence-corrected chi connectivity index (χ3v) is 4.40. The fourth-order valence-corrected chi connectivity index (χ4v) is 2.88. The average Bonchev–Trinajstić information content (AvgIpc) is 2.81. The number of thiophene rings is 1. The van der Waals surface area contributed by atoms with E-state index in [4.69, 9.17) is 16.3 Å². The summed E-state index contributed by atoms with van der Waals surface area (Å²) in [4.78, 5) is 12.5. The Balaban J connectivity index is 2.18. The number of halogens is 1. The second-order valence-electron chi connectivity index (χ2n) is 4.72. The van der Waals surface area contributed by atoms with Crippen molar-refractivity contribution in [2.24, 2.45) is 0 Å². The molecular weight excluding hydrogens is 296 g/mol. The van der Waals surface area contributed by atoms with E-state index in [1.54, 1.807) is 12.1 Å². The number of aromatic carboxylic acids is 1. The van der Waals surface area contributed by atoms with Gasteiger partial charge in [0.2, 0.25) is 0 Å². The first kappa shape index (κ1) is 14.9. The van der Waals surface area contributed by atoms with Gasteiger partial charge in [0.15, 0.2) is 4.88 Å². The number of rotatable bonds is 5. The highest BCUT2D eigenvalue weighted by Crippen LogP contribution is 2.34. The van der Waals surface area contributed by atoms with E-state index in [0.717, 1.165) is 10.4 Å². The minimum absolute atomic E-state index is 0.246. The van der Waals surface area contributed by atoms with Gasteiger partial charge in [-0.25, -0.2) is 4.79 Å². The topological polar surface area (TPSA) is 46.5 Å². The van der Waals surface area contributed by atoms with Crippen LogP contribution in [0.25, 0.3) is 0 Å². The molecule has 0 saturated carbocycles. The van der Waals surface area contributed by atoms with Crippen LogP contribution in [0.4, 0.5) is 0 Å². The van der Waals surface area contributed by atoms with E-state index in [1.165, 1.54) is 11.3 Å². The van der Waals surface area contributed by atoms with Gasteiger partial charge in [-0.1, -0.05) is 37.6 Å². The first-order valence-electron chi connectivity index (χ1n) is 6.21. The van der Waals surface area contributed by atoms with Crippen LogP contribution in [0.15, 0.2) is 30.3 Å². The fourth-order valence-electron chi connectivity index (χ4n) is 1.72. The summed E-state index contributed by atoms with van der Waals surface area (Å²) in [6.07, 6.45) is 0. The van der Waals surface area contributed by atoms with E-state index in [1.807, 2.05) is 32.0 Å². The van der Waals surface area contributed by atoms with Crippen molar-refractivity contribution in [3.8, 4) is 5.75 Å². The smallest absolute Gasteiger partial charge is 0.349 e. The molecule has 0 bridgehead atoms. The molecule has 0 amide bonds. The van der Waals surface area contributed by atoms with Crippen LogP contribution in [0.1, 0.15) is 39.9 Å². The number of benzene rings is 1. The van der Waals surface area contributed by atoms with Gasteiger partial charge in [-0.2, -0.15) is 0 Å². The maximum Gasteiger partial charge on any atom is 0.349 e. The molecule has 0 aliphatic heterocycles. The highest BCUT2D eigenvalue weighted by atomic mass is 35.5. The van der Waals surface area contributed by atoms with Crippen LogP contribution in [0.5, 0.6) is 5.75 Å². The standard InChI is InChI=1S/C15H15ClO3S/c1-9(2)13-7-12(14(20-13)15(17)18)19-8-10-4-3-5-11(16)6-10/h3-7,9H,8H2,1-2H3,(H,17,18). The first-order valence-corrected chi connectivity index (χ1v) is 7.41. The second kappa shape index (κ2) is 6.29. The molecule has 0 spiro atoms. The molecule has 0 aliphatic rings. The lowest BCUT2D eigenvalue weighted by Gasteiger charge is -2.05. The Hall–Kier alpha value is -1.52. The second-order valence-corrected chi connectivity index (χ2v) is 6.24. The predicted molar refractivity (Wildman–Crippen MR) is 81.2 cm³/mol. The van der Waals surface area contributed by atoms with Crippen LogP contribution in [0.2, 0.25) is 5.02 Å². The summed E-state index contributed by atoms with van der Waals surface area (Å²) in [7, 11) is 0. The Labute approximate surface area is 126 Å². The molecule has 0 aliphatic carbocycles. The van der Waals surface area contributed by atoms with E-state index in [9.17, 15) is 9.90 Å². The van der Waals surface area contributed by atoms with Gasteiger partial charge in [-0.15, -0.1) is 11.3 Å². The lowest BCUT2D eigenvalue weighted by molar-refractivity contribution is 0.0697. The Morgan fingerprint density at radius 1 is 1.40 bits per heavy atom. The van der Waals surface area contributed by atoms with E-state index in [2.05, 4.69) is 0 Å².